The molecule has 0 aliphatic heterocycles. The summed E-state index contributed by atoms with van der Waals surface area (Å²) < 4.78 is 5.30. The van der Waals surface area contributed by atoms with E-state index in [4.69, 9.17) is 9.63 Å². The Morgan fingerprint density at radius 3 is 2.55 bits per heavy atom. The molecule has 0 radical (unpaired) electrons. The summed E-state index contributed by atoms with van der Waals surface area (Å²) in [5.74, 6) is 1.18. The molecule has 0 fully saturated rings. The van der Waals surface area contributed by atoms with Crippen LogP contribution in [0.4, 0.5) is 0 Å². The SMILES string of the molecule is Cc1ccc(-c2nc(CN(CCO)C(C)C)no2)cc1. The molecule has 1 aromatic carbocycles. The molecule has 108 valence electrons. The predicted octanol–water partition coefficient (Wildman–Crippen LogP) is 2.25. The summed E-state index contributed by atoms with van der Waals surface area (Å²) in [6.07, 6.45) is 0. The van der Waals surface area contributed by atoms with Crippen LogP contribution in [-0.4, -0.2) is 39.3 Å². The monoisotopic (exact) mass is 275 g/mol. The number of aromatic nitrogens is 2. The van der Waals surface area contributed by atoms with Crippen molar-refractivity contribution in [1.29, 1.82) is 0 Å². The van der Waals surface area contributed by atoms with Crippen LogP contribution < -0.4 is 0 Å². The van der Waals surface area contributed by atoms with E-state index in [0.29, 0.717) is 30.8 Å². The molecule has 0 saturated heterocycles. The summed E-state index contributed by atoms with van der Waals surface area (Å²) in [5.41, 5.74) is 2.12. The average molecular weight is 275 g/mol. The van der Waals surface area contributed by atoms with Gasteiger partial charge in [-0.15, -0.1) is 0 Å². The van der Waals surface area contributed by atoms with E-state index >= 15 is 0 Å². The molecule has 0 saturated carbocycles. The number of aliphatic hydroxyl groups is 1. The Morgan fingerprint density at radius 1 is 1.25 bits per heavy atom. The van der Waals surface area contributed by atoms with Gasteiger partial charge in [-0.05, 0) is 32.9 Å². The molecule has 2 aromatic rings. The molecule has 0 unspecified atom stereocenters. The van der Waals surface area contributed by atoms with Gasteiger partial charge in [0.25, 0.3) is 5.89 Å². The van der Waals surface area contributed by atoms with Gasteiger partial charge in [-0.3, -0.25) is 4.90 Å². The van der Waals surface area contributed by atoms with E-state index in [-0.39, 0.29) is 6.61 Å². The number of rotatable bonds is 6. The Hall–Kier alpha value is -1.72. The van der Waals surface area contributed by atoms with E-state index in [2.05, 4.69) is 28.9 Å². The van der Waals surface area contributed by atoms with Gasteiger partial charge in [0.05, 0.1) is 13.2 Å². The van der Waals surface area contributed by atoms with Crippen LogP contribution in [0.3, 0.4) is 0 Å². The lowest BCUT2D eigenvalue weighted by Crippen LogP contribution is -2.33. The van der Waals surface area contributed by atoms with Crippen LogP contribution in [0.1, 0.15) is 25.2 Å². The molecule has 0 aliphatic carbocycles. The maximum absolute atomic E-state index is 9.07. The summed E-state index contributed by atoms with van der Waals surface area (Å²) >= 11 is 0. The number of nitrogens with zero attached hydrogens (tertiary/aromatic N) is 3. The largest absolute Gasteiger partial charge is 0.395 e. The minimum atomic E-state index is 0.126. The van der Waals surface area contributed by atoms with Crippen molar-refractivity contribution in [2.45, 2.75) is 33.4 Å². The Balaban J connectivity index is 2.10. The molecule has 2 rings (SSSR count). The van der Waals surface area contributed by atoms with Gasteiger partial charge in [0.2, 0.25) is 0 Å². The Bertz CT molecular complexity index is 534. The maximum atomic E-state index is 9.07. The van der Waals surface area contributed by atoms with Gasteiger partial charge in [-0.25, -0.2) is 0 Å². The van der Waals surface area contributed by atoms with Crippen molar-refractivity contribution in [2.75, 3.05) is 13.2 Å². The average Bonchev–Trinajstić information content (AvgIpc) is 2.87. The van der Waals surface area contributed by atoms with Crippen molar-refractivity contribution in [3.63, 3.8) is 0 Å². The smallest absolute Gasteiger partial charge is 0.257 e. The van der Waals surface area contributed by atoms with Crippen LogP contribution in [0, 0.1) is 6.92 Å². The fourth-order valence-electron chi connectivity index (χ4n) is 1.96. The number of aliphatic hydroxyl groups excluding tert-OH is 1. The van der Waals surface area contributed by atoms with Gasteiger partial charge in [-0.1, -0.05) is 22.9 Å². The van der Waals surface area contributed by atoms with E-state index in [1.807, 2.05) is 31.2 Å². The molecule has 1 aromatic heterocycles. The number of hydrogen-bond donors (Lipinski definition) is 1. The van der Waals surface area contributed by atoms with Gasteiger partial charge in [0.1, 0.15) is 0 Å². The lowest BCUT2D eigenvalue weighted by atomic mass is 10.1. The molecule has 0 spiro atoms. The first kappa shape index (κ1) is 14.7. The van der Waals surface area contributed by atoms with Crippen molar-refractivity contribution in [2.24, 2.45) is 0 Å². The molecular formula is C15H21N3O2. The van der Waals surface area contributed by atoms with Gasteiger partial charge >= 0.3 is 0 Å². The molecule has 0 bridgehead atoms. The standard InChI is InChI=1S/C15H21N3O2/c1-11(2)18(8-9-19)10-14-16-15(20-17-14)13-6-4-12(3)5-7-13/h4-7,11,19H,8-10H2,1-3H3. The van der Waals surface area contributed by atoms with Crippen molar-refractivity contribution < 1.29 is 9.63 Å². The fourth-order valence-corrected chi connectivity index (χ4v) is 1.96. The third kappa shape index (κ3) is 3.65. The second-order valence-corrected chi connectivity index (χ2v) is 5.17. The zero-order valence-corrected chi connectivity index (χ0v) is 12.2. The van der Waals surface area contributed by atoms with Crippen molar-refractivity contribution in [3.8, 4) is 11.5 Å². The van der Waals surface area contributed by atoms with Gasteiger partial charge in [0.15, 0.2) is 5.82 Å². The Kier molecular flexibility index (Phi) is 4.87. The molecule has 5 heteroatoms. The van der Waals surface area contributed by atoms with Crippen LogP contribution in [0.25, 0.3) is 11.5 Å². The molecule has 0 amide bonds. The molecule has 20 heavy (non-hydrogen) atoms. The highest BCUT2D eigenvalue weighted by molar-refractivity contribution is 5.53. The summed E-state index contributed by atoms with van der Waals surface area (Å²) in [4.78, 5) is 6.51. The third-order valence-corrected chi connectivity index (χ3v) is 3.23. The fraction of sp³-hybridized carbons (Fsp3) is 0.467. The van der Waals surface area contributed by atoms with Crippen LogP contribution >= 0.6 is 0 Å². The van der Waals surface area contributed by atoms with E-state index in [1.165, 1.54) is 5.56 Å². The summed E-state index contributed by atoms with van der Waals surface area (Å²) in [6.45, 7) is 7.51. The number of hydrogen-bond acceptors (Lipinski definition) is 5. The van der Waals surface area contributed by atoms with Gasteiger partial charge in [0, 0.05) is 18.2 Å². The summed E-state index contributed by atoms with van der Waals surface area (Å²) in [5, 5.41) is 13.1. The zero-order chi connectivity index (χ0) is 14.5. The summed E-state index contributed by atoms with van der Waals surface area (Å²) in [7, 11) is 0. The number of benzene rings is 1. The van der Waals surface area contributed by atoms with Crippen molar-refractivity contribution in [1.82, 2.24) is 15.0 Å². The lowest BCUT2D eigenvalue weighted by Gasteiger charge is -2.23. The van der Waals surface area contributed by atoms with Crippen LogP contribution in [-0.2, 0) is 6.54 Å². The maximum Gasteiger partial charge on any atom is 0.257 e. The zero-order valence-electron chi connectivity index (χ0n) is 12.2. The highest BCUT2D eigenvalue weighted by Crippen LogP contribution is 2.18. The van der Waals surface area contributed by atoms with Crippen molar-refractivity contribution in [3.05, 3.63) is 35.7 Å². The molecular weight excluding hydrogens is 254 g/mol. The highest BCUT2D eigenvalue weighted by atomic mass is 16.5. The first-order valence-corrected chi connectivity index (χ1v) is 6.84. The minimum Gasteiger partial charge on any atom is -0.395 e. The Labute approximate surface area is 119 Å². The van der Waals surface area contributed by atoms with Crippen LogP contribution in [0.15, 0.2) is 28.8 Å². The third-order valence-electron chi connectivity index (χ3n) is 3.23. The first-order valence-electron chi connectivity index (χ1n) is 6.84. The topological polar surface area (TPSA) is 62.4 Å². The highest BCUT2D eigenvalue weighted by Gasteiger charge is 2.14. The van der Waals surface area contributed by atoms with Crippen LogP contribution in [0.5, 0.6) is 0 Å². The molecule has 0 aliphatic rings. The Morgan fingerprint density at radius 2 is 1.95 bits per heavy atom. The van der Waals surface area contributed by atoms with E-state index in [1.54, 1.807) is 0 Å². The van der Waals surface area contributed by atoms with E-state index in [0.717, 1.165) is 5.56 Å². The number of aryl methyl sites for hydroxylation is 1. The molecule has 1 heterocycles. The second kappa shape index (κ2) is 6.63. The van der Waals surface area contributed by atoms with E-state index < -0.39 is 0 Å². The molecule has 0 atom stereocenters. The molecule has 5 nitrogen and oxygen atoms in total. The summed E-state index contributed by atoms with van der Waals surface area (Å²) in [6, 6.07) is 8.31. The van der Waals surface area contributed by atoms with Crippen LogP contribution in [0.2, 0.25) is 0 Å². The van der Waals surface area contributed by atoms with Gasteiger partial charge in [-0.2, -0.15) is 4.98 Å². The molecule has 1 N–H and O–H groups in total. The lowest BCUT2D eigenvalue weighted by molar-refractivity contribution is 0.155. The predicted molar refractivity (Wildman–Crippen MR) is 77.1 cm³/mol. The quantitative estimate of drug-likeness (QED) is 0.876. The van der Waals surface area contributed by atoms with E-state index in [9.17, 15) is 0 Å². The first-order chi connectivity index (χ1) is 9.60. The van der Waals surface area contributed by atoms with Crippen molar-refractivity contribution >= 4 is 0 Å². The second-order valence-electron chi connectivity index (χ2n) is 5.17. The minimum absolute atomic E-state index is 0.126. The van der Waals surface area contributed by atoms with Gasteiger partial charge < -0.3 is 9.63 Å². The normalized spacial score (nSPS) is 11.5.